The summed E-state index contributed by atoms with van der Waals surface area (Å²) in [7, 11) is 1.66. The van der Waals surface area contributed by atoms with E-state index in [1.54, 1.807) is 7.05 Å². The Morgan fingerprint density at radius 3 is 2.79 bits per heavy atom. The van der Waals surface area contributed by atoms with Gasteiger partial charge in [0.2, 0.25) is 0 Å². The number of hydrogen-bond acceptors (Lipinski definition) is 7. The van der Waals surface area contributed by atoms with E-state index in [0.717, 1.165) is 17.4 Å². The molecule has 3 heterocycles. The number of aryl methyl sites for hydroxylation is 1. The summed E-state index contributed by atoms with van der Waals surface area (Å²) < 4.78 is 75.9. The third-order valence-corrected chi connectivity index (χ3v) is 6.52. The number of alkyl halides is 3. The molecule has 1 aliphatic heterocycles. The second-order valence-electron chi connectivity index (χ2n) is 7.90. The quantitative estimate of drug-likeness (QED) is 0.341. The molecule has 0 aliphatic carbocycles. The van der Waals surface area contributed by atoms with E-state index < -0.39 is 53.7 Å². The molecule has 184 valence electrons. The van der Waals surface area contributed by atoms with Crippen molar-refractivity contribution in [1.29, 1.82) is 0 Å². The van der Waals surface area contributed by atoms with Crippen LogP contribution in [0.25, 0.3) is 10.6 Å². The Morgan fingerprint density at radius 2 is 2.06 bits per heavy atom. The van der Waals surface area contributed by atoms with Crippen LogP contribution in [0.1, 0.15) is 48.6 Å². The summed E-state index contributed by atoms with van der Waals surface area (Å²) in [6.45, 7) is -0.177. The molecule has 0 spiro atoms. The lowest BCUT2D eigenvalue weighted by atomic mass is 10.0. The molecular formula is C21H22F5N5O2S. The van der Waals surface area contributed by atoms with Crippen molar-refractivity contribution in [3.05, 3.63) is 52.3 Å². The van der Waals surface area contributed by atoms with Gasteiger partial charge >= 0.3 is 0 Å². The average molecular weight is 503 g/mol. The molecule has 1 saturated heterocycles. The largest absolute Gasteiger partial charge is 0.369 e. The first kappa shape index (κ1) is 24.5. The van der Waals surface area contributed by atoms with Crippen molar-refractivity contribution < 1.29 is 31.8 Å². The average Bonchev–Trinajstić information content (AvgIpc) is 3.36. The Labute approximate surface area is 195 Å². The number of benzene rings is 1. The predicted molar refractivity (Wildman–Crippen MR) is 115 cm³/mol. The first-order valence-electron chi connectivity index (χ1n) is 10.4. The Bertz CT molecular complexity index is 1140. The van der Waals surface area contributed by atoms with E-state index in [4.69, 9.17) is 10.5 Å². The van der Waals surface area contributed by atoms with Gasteiger partial charge in [0.05, 0.1) is 35.3 Å². The van der Waals surface area contributed by atoms with Crippen molar-refractivity contribution in [3.8, 4) is 10.6 Å². The molecule has 7 nitrogen and oxygen atoms in total. The topological polar surface area (TPSA) is 98.2 Å². The number of halogens is 5. The van der Waals surface area contributed by atoms with Crippen LogP contribution in [0.15, 0.2) is 23.7 Å². The van der Waals surface area contributed by atoms with Crippen molar-refractivity contribution in [2.45, 2.75) is 43.8 Å². The monoisotopic (exact) mass is 503 g/mol. The molecule has 13 heteroatoms. The van der Waals surface area contributed by atoms with Gasteiger partial charge in [-0.3, -0.25) is 4.68 Å². The molecule has 3 aromatic rings. The van der Waals surface area contributed by atoms with Crippen molar-refractivity contribution in [3.63, 3.8) is 0 Å². The van der Waals surface area contributed by atoms with Crippen LogP contribution in [0, 0.1) is 11.6 Å². The summed E-state index contributed by atoms with van der Waals surface area (Å²) in [4.78, 5) is 4.04. The molecular weight excluding hydrogens is 481 g/mol. The Balaban J connectivity index is 1.56. The van der Waals surface area contributed by atoms with E-state index in [-0.39, 0.29) is 17.3 Å². The number of aromatic nitrogens is 3. The van der Waals surface area contributed by atoms with Gasteiger partial charge in [-0.05, 0) is 25.0 Å². The third-order valence-electron chi connectivity index (χ3n) is 5.64. The molecule has 34 heavy (non-hydrogen) atoms. The van der Waals surface area contributed by atoms with Gasteiger partial charge in [0.15, 0.2) is 6.23 Å². The second-order valence-corrected chi connectivity index (χ2v) is 8.76. The summed E-state index contributed by atoms with van der Waals surface area (Å²) in [5, 5.41) is 18.8. The fraction of sp³-hybridized carbons (Fsp3) is 0.429. The number of nitrogens with two attached hydrogens (primary N) is 1. The molecule has 1 aliphatic rings. The Kier molecular flexibility index (Phi) is 7.17. The first-order valence-corrected chi connectivity index (χ1v) is 11.2. The summed E-state index contributed by atoms with van der Waals surface area (Å²) in [5.74, 6) is -2.45. The number of aliphatic hydroxyl groups is 1. The van der Waals surface area contributed by atoms with Crippen molar-refractivity contribution in [2.75, 3.05) is 11.9 Å². The lowest BCUT2D eigenvalue weighted by Crippen LogP contribution is -2.32. The number of hydrogen-bond donors (Lipinski definition) is 3. The zero-order chi connectivity index (χ0) is 24.6. The molecule has 0 amide bonds. The van der Waals surface area contributed by atoms with Crippen LogP contribution in [-0.2, 0) is 11.8 Å². The van der Waals surface area contributed by atoms with E-state index in [1.165, 1.54) is 16.3 Å². The molecule has 1 aromatic carbocycles. The lowest BCUT2D eigenvalue weighted by Gasteiger charge is -2.19. The van der Waals surface area contributed by atoms with E-state index in [2.05, 4.69) is 15.4 Å². The highest BCUT2D eigenvalue weighted by Crippen LogP contribution is 2.36. The van der Waals surface area contributed by atoms with Gasteiger partial charge in [0.1, 0.15) is 34.6 Å². The molecule has 4 rings (SSSR count). The highest BCUT2D eigenvalue weighted by Gasteiger charge is 2.30. The summed E-state index contributed by atoms with van der Waals surface area (Å²) in [6, 6.07) is 0.789. The number of ether oxygens (including phenoxy) is 1. The number of aliphatic hydroxyl groups excluding tert-OH is 1. The van der Waals surface area contributed by atoms with Crippen LogP contribution in [0.5, 0.6) is 0 Å². The van der Waals surface area contributed by atoms with Crippen molar-refractivity contribution in [1.82, 2.24) is 14.8 Å². The normalized spacial score (nSPS) is 22.1. The molecule has 1 fully saturated rings. The van der Waals surface area contributed by atoms with Crippen LogP contribution in [0.2, 0.25) is 0 Å². The maximum absolute atomic E-state index is 14.5. The van der Waals surface area contributed by atoms with E-state index in [9.17, 15) is 27.1 Å². The van der Waals surface area contributed by atoms with E-state index in [0.29, 0.717) is 30.3 Å². The van der Waals surface area contributed by atoms with Gasteiger partial charge in [-0.1, -0.05) is 0 Å². The van der Waals surface area contributed by atoms with Crippen LogP contribution in [0.3, 0.4) is 0 Å². The zero-order valence-corrected chi connectivity index (χ0v) is 18.7. The van der Waals surface area contributed by atoms with Gasteiger partial charge < -0.3 is 20.9 Å². The first-order chi connectivity index (χ1) is 16.2. The van der Waals surface area contributed by atoms with Crippen LogP contribution < -0.4 is 11.1 Å². The fourth-order valence-electron chi connectivity index (χ4n) is 3.78. The standard InChI is InChI=1S/C21H22F5N5O2S/c1-31-18(15-5-4-12(27)11(23)7-33-15)13(6-28-31)29-20(32)14-8-34-21(30-14)16-10(22)3-2-9(17(16)24)19(25)26/h2-3,6,8,11-12,15,19-20,29,32H,4-5,7,27H2,1H3/t11-,12-,15+,20?/m1/s1. The molecule has 4 N–H and O–H groups in total. The SMILES string of the molecule is Cn1ncc(NC(O)c2csc(-c3c(F)ccc(C(F)F)c3F)n2)c1[C@@H]1CC[C@@H](N)[C@H](F)CO1. The lowest BCUT2D eigenvalue weighted by molar-refractivity contribution is 0.0246. The van der Waals surface area contributed by atoms with Gasteiger partial charge in [0.25, 0.3) is 6.43 Å². The molecule has 0 bridgehead atoms. The minimum Gasteiger partial charge on any atom is -0.369 e. The highest BCUT2D eigenvalue weighted by molar-refractivity contribution is 7.13. The number of anilines is 1. The number of nitrogens with zero attached hydrogens (tertiary/aromatic N) is 3. The highest BCUT2D eigenvalue weighted by atomic mass is 32.1. The minimum atomic E-state index is -3.12. The molecule has 0 saturated carbocycles. The maximum Gasteiger partial charge on any atom is 0.266 e. The minimum absolute atomic E-state index is 0.0173. The third kappa shape index (κ3) is 4.78. The van der Waals surface area contributed by atoms with Crippen molar-refractivity contribution >= 4 is 17.0 Å². The van der Waals surface area contributed by atoms with Gasteiger partial charge in [0, 0.05) is 18.5 Å². The van der Waals surface area contributed by atoms with Crippen molar-refractivity contribution in [2.24, 2.45) is 12.8 Å². The zero-order valence-electron chi connectivity index (χ0n) is 17.9. The summed E-state index contributed by atoms with van der Waals surface area (Å²) in [6.07, 6.45) is -4.09. The number of nitrogens with one attached hydrogen (secondary N) is 1. The molecule has 0 radical (unpaired) electrons. The van der Waals surface area contributed by atoms with Gasteiger partial charge in [-0.25, -0.2) is 26.9 Å². The molecule has 4 atom stereocenters. The van der Waals surface area contributed by atoms with E-state index >= 15 is 0 Å². The summed E-state index contributed by atoms with van der Waals surface area (Å²) in [5.41, 5.74) is 5.12. The van der Waals surface area contributed by atoms with E-state index in [1.807, 2.05) is 0 Å². The Hall–Kier alpha value is -2.61. The number of thiazole rings is 1. The molecule has 2 aromatic heterocycles. The fourth-order valence-corrected chi connectivity index (χ4v) is 4.65. The molecule has 1 unspecified atom stereocenters. The Morgan fingerprint density at radius 1 is 1.29 bits per heavy atom. The smallest absolute Gasteiger partial charge is 0.266 e. The van der Waals surface area contributed by atoms with Crippen LogP contribution in [0.4, 0.5) is 27.6 Å². The van der Waals surface area contributed by atoms with Crippen LogP contribution in [-0.4, -0.2) is 38.7 Å². The van der Waals surface area contributed by atoms with Crippen LogP contribution >= 0.6 is 11.3 Å². The second kappa shape index (κ2) is 9.94. The summed E-state index contributed by atoms with van der Waals surface area (Å²) >= 11 is 0.794. The number of rotatable bonds is 6. The predicted octanol–water partition coefficient (Wildman–Crippen LogP) is 4.38. The van der Waals surface area contributed by atoms with Gasteiger partial charge in [-0.2, -0.15) is 5.10 Å². The van der Waals surface area contributed by atoms with Gasteiger partial charge in [-0.15, -0.1) is 11.3 Å². The maximum atomic E-state index is 14.5.